The molecule has 160 valence electrons. The summed E-state index contributed by atoms with van der Waals surface area (Å²) >= 11 is 0. The van der Waals surface area contributed by atoms with Crippen molar-refractivity contribution in [2.45, 2.75) is 44.3 Å². The number of imidazole rings is 1. The third-order valence-electron chi connectivity index (χ3n) is 4.19. The Bertz CT molecular complexity index is 1000. The number of rotatable bonds is 7. The number of hydrogen-bond acceptors (Lipinski definition) is 9. The van der Waals surface area contributed by atoms with Crippen LogP contribution < -0.4 is 10.9 Å². The van der Waals surface area contributed by atoms with Gasteiger partial charge in [-0.15, -0.1) is 0 Å². The number of phosphoric acid groups is 1. The molecular weight excluding hydrogens is 413 g/mol. The lowest BCUT2D eigenvalue weighted by molar-refractivity contribution is -0.116. The number of anilines is 1. The average Bonchev–Trinajstić information content (AvgIpc) is 3.15. The van der Waals surface area contributed by atoms with Gasteiger partial charge in [0.05, 0.1) is 12.9 Å². The molecule has 0 unspecified atom stereocenters. The third-order valence-corrected chi connectivity index (χ3v) is 4.67. The molecule has 1 fully saturated rings. The molecular formula is C14H20N5O9P. The van der Waals surface area contributed by atoms with E-state index in [1.54, 1.807) is 0 Å². The van der Waals surface area contributed by atoms with Gasteiger partial charge in [0.1, 0.15) is 18.3 Å². The number of carbonyl (C=O) groups excluding carboxylic acids is 1. The van der Waals surface area contributed by atoms with Crippen molar-refractivity contribution < 1.29 is 38.6 Å². The molecule has 2 aromatic heterocycles. The van der Waals surface area contributed by atoms with Gasteiger partial charge in [0.25, 0.3) is 5.56 Å². The maximum atomic E-state index is 12.2. The molecule has 14 nitrogen and oxygen atoms in total. The molecule has 0 spiro atoms. The van der Waals surface area contributed by atoms with Gasteiger partial charge in [-0.1, -0.05) is 6.92 Å². The Labute approximate surface area is 162 Å². The molecule has 29 heavy (non-hydrogen) atoms. The van der Waals surface area contributed by atoms with Gasteiger partial charge >= 0.3 is 7.82 Å². The zero-order chi connectivity index (χ0) is 21.3. The molecule has 1 amide bonds. The van der Waals surface area contributed by atoms with E-state index < -0.39 is 44.5 Å². The van der Waals surface area contributed by atoms with Crippen LogP contribution in [0, 0.1) is 0 Å². The van der Waals surface area contributed by atoms with Crippen LogP contribution in [0.5, 0.6) is 0 Å². The Morgan fingerprint density at radius 1 is 1.41 bits per heavy atom. The standard InChI is InChI=1S/C14H20N5O9P/c1-2-3-7(20)16-14-17-11-8(12(23)18-14)15-5-19(11)13-10(22)9(21)6(28-13)4-27-29(24,25)26/h5-6,9-10,13,21-22H,2-4H2,1H3,(H2,24,25,26)(H2,16,17,18,20,23)/t6-,9-,10-,13-/m1/s1. The van der Waals surface area contributed by atoms with E-state index in [0.29, 0.717) is 6.42 Å². The molecule has 1 saturated heterocycles. The highest BCUT2D eigenvalue weighted by Crippen LogP contribution is 2.38. The van der Waals surface area contributed by atoms with Crippen molar-refractivity contribution in [2.24, 2.45) is 0 Å². The first-order valence-corrected chi connectivity index (χ1v) is 10.1. The number of fused-ring (bicyclic) bond motifs is 1. The number of carbonyl (C=O) groups is 1. The van der Waals surface area contributed by atoms with Gasteiger partial charge in [-0.3, -0.25) is 29.0 Å². The van der Waals surface area contributed by atoms with Crippen LogP contribution in [-0.2, 0) is 18.6 Å². The van der Waals surface area contributed by atoms with E-state index in [1.165, 1.54) is 4.57 Å². The first kappa shape index (κ1) is 21.5. The number of aliphatic hydroxyl groups is 2. The quantitative estimate of drug-likeness (QED) is 0.279. The Morgan fingerprint density at radius 3 is 2.79 bits per heavy atom. The van der Waals surface area contributed by atoms with Gasteiger partial charge in [0.2, 0.25) is 11.9 Å². The first-order chi connectivity index (χ1) is 13.6. The first-order valence-electron chi connectivity index (χ1n) is 8.59. The Hall–Kier alpha value is -2.19. The zero-order valence-corrected chi connectivity index (χ0v) is 16.0. The number of phosphoric ester groups is 1. The van der Waals surface area contributed by atoms with E-state index in [0.717, 1.165) is 6.33 Å². The average molecular weight is 433 g/mol. The highest BCUT2D eigenvalue weighted by atomic mass is 31.2. The van der Waals surface area contributed by atoms with E-state index in [4.69, 9.17) is 14.5 Å². The molecule has 0 saturated carbocycles. The second kappa shape index (κ2) is 8.28. The summed E-state index contributed by atoms with van der Waals surface area (Å²) in [5.74, 6) is -0.486. The van der Waals surface area contributed by atoms with Crippen LogP contribution in [0.4, 0.5) is 5.95 Å². The largest absolute Gasteiger partial charge is 0.469 e. The second-order valence-corrected chi connectivity index (χ2v) is 7.61. The van der Waals surface area contributed by atoms with Crippen LogP contribution in [0.3, 0.4) is 0 Å². The van der Waals surface area contributed by atoms with Crippen LogP contribution in [0.1, 0.15) is 26.0 Å². The summed E-state index contributed by atoms with van der Waals surface area (Å²) in [4.78, 5) is 51.9. The molecule has 4 atom stereocenters. The van der Waals surface area contributed by atoms with Gasteiger partial charge in [-0.2, -0.15) is 4.98 Å². The number of aromatic amines is 1. The summed E-state index contributed by atoms with van der Waals surface area (Å²) in [6, 6.07) is 0. The Kier molecular flexibility index (Phi) is 6.14. The fourth-order valence-corrected chi connectivity index (χ4v) is 3.20. The van der Waals surface area contributed by atoms with Crippen LogP contribution in [-0.4, -0.2) is 70.3 Å². The van der Waals surface area contributed by atoms with Crippen molar-refractivity contribution in [2.75, 3.05) is 11.9 Å². The summed E-state index contributed by atoms with van der Waals surface area (Å²) in [5, 5.41) is 22.8. The number of hydrogen-bond donors (Lipinski definition) is 6. The number of aliphatic hydroxyl groups excluding tert-OH is 2. The van der Waals surface area contributed by atoms with Gasteiger partial charge in [0, 0.05) is 6.42 Å². The topological polar surface area (TPSA) is 209 Å². The number of amides is 1. The second-order valence-electron chi connectivity index (χ2n) is 6.37. The molecule has 6 N–H and O–H groups in total. The smallest absolute Gasteiger partial charge is 0.387 e. The van der Waals surface area contributed by atoms with Crippen LogP contribution in [0.15, 0.2) is 11.1 Å². The molecule has 15 heteroatoms. The molecule has 3 heterocycles. The third kappa shape index (κ3) is 4.70. The molecule has 0 aromatic carbocycles. The highest BCUT2D eigenvalue weighted by Gasteiger charge is 2.45. The van der Waals surface area contributed by atoms with Crippen LogP contribution in [0.25, 0.3) is 11.2 Å². The minimum absolute atomic E-state index is 0.0339. The van der Waals surface area contributed by atoms with E-state index in [-0.39, 0.29) is 29.4 Å². The van der Waals surface area contributed by atoms with Crippen molar-refractivity contribution in [3.8, 4) is 0 Å². The van der Waals surface area contributed by atoms with Gasteiger partial charge in [-0.25, -0.2) is 9.55 Å². The summed E-state index contributed by atoms with van der Waals surface area (Å²) in [7, 11) is -4.81. The number of nitrogens with zero attached hydrogens (tertiary/aromatic N) is 3. The highest BCUT2D eigenvalue weighted by molar-refractivity contribution is 7.46. The van der Waals surface area contributed by atoms with Crippen molar-refractivity contribution in [3.05, 3.63) is 16.7 Å². The van der Waals surface area contributed by atoms with E-state index in [2.05, 4.69) is 24.8 Å². The molecule has 0 radical (unpaired) electrons. The molecule has 3 rings (SSSR count). The minimum atomic E-state index is -4.81. The fourth-order valence-electron chi connectivity index (χ4n) is 2.86. The zero-order valence-electron chi connectivity index (χ0n) is 15.1. The Balaban J connectivity index is 1.89. The van der Waals surface area contributed by atoms with Gasteiger partial charge in [0.15, 0.2) is 17.4 Å². The molecule has 2 aromatic rings. The van der Waals surface area contributed by atoms with Crippen LogP contribution in [0.2, 0.25) is 0 Å². The fraction of sp³-hybridized carbons (Fsp3) is 0.571. The molecule has 1 aliphatic rings. The predicted molar refractivity (Wildman–Crippen MR) is 95.6 cm³/mol. The lowest BCUT2D eigenvalue weighted by Gasteiger charge is -2.16. The summed E-state index contributed by atoms with van der Waals surface area (Å²) < 4.78 is 21.8. The predicted octanol–water partition coefficient (Wildman–Crippen LogP) is -1.41. The lowest BCUT2D eigenvalue weighted by atomic mass is 10.1. The number of ether oxygens (including phenoxy) is 1. The van der Waals surface area contributed by atoms with Crippen molar-refractivity contribution >= 4 is 30.8 Å². The van der Waals surface area contributed by atoms with Gasteiger partial charge < -0.3 is 24.7 Å². The van der Waals surface area contributed by atoms with Crippen molar-refractivity contribution in [1.29, 1.82) is 0 Å². The van der Waals surface area contributed by atoms with E-state index >= 15 is 0 Å². The Morgan fingerprint density at radius 2 is 2.14 bits per heavy atom. The molecule has 0 aliphatic carbocycles. The van der Waals surface area contributed by atoms with E-state index in [9.17, 15) is 24.4 Å². The normalized spacial score (nSPS) is 24.9. The van der Waals surface area contributed by atoms with Crippen molar-refractivity contribution in [1.82, 2.24) is 19.5 Å². The lowest BCUT2D eigenvalue weighted by Crippen LogP contribution is -2.33. The minimum Gasteiger partial charge on any atom is -0.387 e. The van der Waals surface area contributed by atoms with Gasteiger partial charge in [-0.05, 0) is 6.42 Å². The summed E-state index contributed by atoms with van der Waals surface area (Å²) in [6.07, 6.45) is -3.63. The van der Waals surface area contributed by atoms with Crippen molar-refractivity contribution in [3.63, 3.8) is 0 Å². The van der Waals surface area contributed by atoms with Crippen LogP contribution >= 0.6 is 7.82 Å². The monoisotopic (exact) mass is 433 g/mol. The molecule has 0 bridgehead atoms. The number of nitrogens with one attached hydrogen (secondary N) is 2. The SMILES string of the molecule is CCCC(=O)Nc1nc2c(ncn2[C@@H]2O[C@H](COP(=O)(O)O)[C@@H](O)[C@H]2O)c(=O)[nH]1. The number of aromatic nitrogens is 4. The summed E-state index contributed by atoms with van der Waals surface area (Å²) in [5.41, 5.74) is -0.776. The van der Waals surface area contributed by atoms with E-state index in [1.807, 2.05) is 6.92 Å². The molecule has 1 aliphatic heterocycles. The number of H-pyrrole nitrogens is 1. The maximum Gasteiger partial charge on any atom is 0.469 e. The summed E-state index contributed by atoms with van der Waals surface area (Å²) in [6.45, 7) is 1.13. The maximum absolute atomic E-state index is 12.2.